The fourth-order valence-electron chi connectivity index (χ4n) is 6.98. The average molecular weight is 564 g/mol. The first-order valence-electron chi connectivity index (χ1n) is 14.8. The molecule has 1 aromatic heterocycles. The molecule has 1 aliphatic carbocycles. The molecule has 3 aromatic carbocycles. The smallest absolute Gasteiger partial charge is 0.345 e. The minimum atomic E-state index is -1.43. The van der Waals surface area contributed by atoms with Gasteiger partial charge in [0.25, 0.3) is 5.56 Å². The van der Waals surface area contributed by atoms with Crippen LogP contribution in [0.1, 0.15) is 46.8 Å². The molecule has 42 heavy (non-hydrogen) atoms. The first-order valence-corrected chi connectivity index (χ1v) is 14.8. The molecule has 0 radical (unpaired) electrons. The maximum atomic E-state index is 12.4. The lowest BCUT2D eigenvalue weighted by atomic mass is 10.0. The Hall–Kier alpha value is -4.36. The lowest BCUT2D eigenvalue weighted by Crippen LogP contribution is -2.34. The van der Waals surface area contributed by atoms with Gasteiger partial charge in [0, 0.05) is 43.5 Å². The minimum absolute atomic E-state index is 0.391. The van der Waals surface area contributed by atoms with Crippen molar-refractivity contribution in [3.63, 3.8) is 0 Å². The number of fused-ring (bicyclic) bond motifs is 1. The van der Waals surface area contributed by atoms with Crippen LogP contribution in [0.4, 0.5) is 5.69 Å². The van der Waals surface area contributed by atoms with E-state index in [4.69, 9.17) is 0 Å². The largest absolute Gasteiger partial charge is 0.506 e. The van der Waals surface area contributed by atoms with E-state index in [1.54, 1.807) is 0 Å². The Labute approximate surface area is 246 Å². The summed E-state index contributed by atoms with van der Waals surface area (Å²) in [5, 5.41) is 19.9. The predicted molar refractivity (Wildman–Crippen MR) is 165 cm³/mol. The van der Waals surface area contributed by atoms with Gasteiger partial charge in [0.1, 0.15) is 5.75 Å². The third kappa shape index (κ3) is 5.57. The van der Waals surface area contributed by atoms with Gasteiger partial charge in [-0.2, -0.15) is 0 Å². The second-order valence-electron chi connectivity index (χ2n) is 11.7. The lowest BCUT2D eigenvalue weighted by Gasteiger charge is -2.31. The number of carboxylic acids is 1. The zero-order chi connectivity index (χ0) is 29.2. The van der Waals surface area contributed by atoms with E-state index in [9.17, 15) is 19.8 Å². The molecule has 1 unspecified atom stereocenters. The van der Waals surface area contributed by atoms with Crippen molar-refractivity contribution in [1.82, 2.24) is 9.88 Å². The monoisotopic (exact) mass is 563 g/mol. The van der Waals surface area contributed by atoms with Gasteiger partial charge >= 0.3 is 5.97 Å². The number of anilines is 1. The predicted octanol–water partition coefficient (Wildman–Crippen LogP) is 5.93. The van der Waals surface area contributed by atoms with Gasteiger partial charge < -0.3 is 20.1 Å². The Kier molecular flexibility index (Phi) is 7.85. The summed E-state index contributed by atoms with van der Waals surface area (Å²) in [5.74, 6) is -0.599. The fraction of sp³-hybridized carbons (Fsp3) is 0.314. The molecule has 2 aliphatic rings. The Morgan fingerprint density at radius 3 is 1.93 bits per heavy atom. The number of pyridine rings is 1. The highest BCUT2D eigenvalue weighted by molar-refractivity contribution is 5.92. The molecular weight excluding hydrogens is 526 g/mol. The molecule has 3 atom stereocenters. The second-order valence-corrected chi connectivity index (χ2v) is 11.7. The normalized spacial score (nSPS) is 19.8. The number of aromatic hydroxyl groups is 1. The lowest BCUT2D eigenvalue weighted by molar-refractivity contribution is 0.0691. The van der Waals surface area contributed by atoms with Gasteiger partial charge in [-0.25, -0.2) is 4.79 Å². The van der Waals surface area contributed by atoms with Crippen LogP contribution in [-0.4, -0.2) is 45.2 Å². The number of hydrogen-bond acceptors (Lipinski definition) is 5. The zero-order valence-electron chi connectivity index (χ0n) is 23.9. The number of nitrogens with zero attached hydrogens (tertiary/aromatic N) is 2. The van der Waals surface area contributed by atoms with Crippen LogP contribution in [0.5, 0.6) is 5.75 Å². The molecule has 2 fully saturated rings. The number of benzene rings is 3. The summed E-state index contributed by atoms with van der Waals surface area (Å²) in [6.07, 6.45) is 2.77. The number of aromatic carboxylic acids is 1. The third-order valence-electron chi connectivity index (χ3n) is 9.08. The van der Waals surface area contributed by atoms with Crippen molar-refractivity contribution >= 4 is 11.7 Å². The summed E-state index contributed by atoms with van der Waals surface area (Å²) in [7, 11) is 0. The van der Waals surface area contributed by atoms with E-state index in [0.29, 0.717) is 35.6 Å². The van der Waals surface area contributed by atoms with Crippen LogP contribution >= 0.6 is 0 Å². The summed E-state index contributed by atoms with van der Waals surface area (Å²) in [5.41, 5.74) is 4.08. The van der Waals surface area contributed by atoms with Crippen molar-refractivity contribution < 1.29 is 15.0 Å². The van der Waals surface area contributed by atoms with Crippen LogP contribution in [0.25, 0.3) is 11.3 Å². The Morgan fingerprint density at radius 1 is 0.881 bits per heavy atom. The highest BCUT2D eigenvalue weighted by Gasteiger charge is 2.42. The van der Waals surface area contributed by atoms with Gasteiger partial charge in [0.15, 0.2) is 5.56 Å². The van der Waals surface area contributed by atoms with Gasteiger partial charge in [-0.3, -0.25) is 9.69 Å². The molecule has 1 saturated carbocycles. The summed E-state index contributed by atoms with van der Waals surface area (Å²) in [4.78, 5) is 31.7. The summed E-state index contributed by atoms with van der Waals surface area (Å²) in [6, 6.07) is 30.1. The molecule has 0 spiro atoms. The Balaban J connectivity index is 1.15. The van der Waals surface area contributed by atoms with Gasteiger partial charge in [-0.15, -0.1) is 0 Å². The number of aromatic nitrogens is 1. The van der Waals surface area contributed by atoms with Crippen LogP contribution in [0.15, 0.2) is 89.7 Å². The molecule has 7 heteroatoms. The average Bonchev–Trinajstić information content (AvgIpc) is 3.58. The molecule has 216 valence electrons. The second kappa shape index (κ2) is 11.9. The number of rotatable bonds is 9. The number of carboxylic acid groups (broad SMARTS) is 1. The molecule has 4 aromatic rings. The van der Waals surface area contributed by atoms with Gasteiger partial charge in [0.2, 0.25) is 0 Å². The third-order valence-corrected chi connectivity index (χ3v) is 9.08. The number of carbonyl (C=O) groups is 1. The van der Waals surface area contributed by atoms with Crippen LogP contribution in [-0.2, 0) is 19.5 Å². The van der Waals surface area contributed by atoms with Crippen molar-refractivity contribution in [2.45, 2.75) is 45.3 Å². The first-order chi connectivity index (χ1) is 20.4. The molecule has 3 N–H and O–H groups in total. The quantitative estimate of drug-likeness (QED) is 0.234. The number of hydrogen-bond donors (Lipinski definition) is 3. The van der Waals surface area contributed by atoms with Crippen LogP contribution in [0, 0.1) is 11.8 Å². The zero-order valence-corrected chi connectivity index (χ0v) is 23.9. The van der Waals surface area contributed by atoms with Crippen molar-refractivity contribution in [2.75, 3.05) is 18.0 Å². The fourth-order valence-corrected chi connectivity index (χ4v) is 6.98. The van der Waals surface area contributed by atoms with Crippen molar-refractivity contribution in [2.24, 2.45) is 11.8 Å². The van der Waals surface area contributed by atoms with E-state index in [2.05, 4.69) is 87.6 Å². The summed E-state index contributed by atoms with van der Waals surface area (Å²) in [6.45, 7) is 5.78. The van der Waals surface area contributed by atoms with E-state index >= 15 is 0 Å². The van der Waals surface area contributed by atoms with E-state index in [-0.39, 0.29) is 0 Å². The molecule has 7 nitrogen and oxygen atoms in total. The SMILES string of the molecule is CCc1c(-c2ccc(N3C[C@H]4CC(N(Cc5ccccc5)Cc5ccccc5)C[C@H]4C3)cc2)[nH]c(=O)c(C(=O)O)c1O. The Morgan fingerprint density at radius 2 is 1.43 bits per heavy atom. The van der Waals surface area contributed by atoms with Crippen LogP contribution in [0.2, 0.25) is 0 Å². The van der Waals surface area contributed by atoms with Gasteiger partial charge in [0.05, 0.1) is 5.69 Å². The summed E-state index contributed by atoms with van der Waals surface area (Å²) >= 11 is 0. The van der Waals surface area contributed by atoms with E-state index in [1.807, 2.05) is 19.1 Å². The highest BCUT2D eigenvalue weighted by atomic mass is 16.4. The highest BCUT2D eigenvalue weighted by Crippen LogP contribution is 2.43. The molecule has 1 saturated heterocycles. The maximum Gasteiger partial charge on any atom is 0.345 e. The number of nitrogens with one attached hydrogen (secondary N) is 1. The van der Waals surface area contributed by atoms with E-state index in [1.165, 1.54) is 24.0 Å². The number of aromatic amines is 1. The topological polar surface area (TPSA) is 96.9 Å². The van der Waals surface area contributed by atoms with Crippen molar-refractivity contribution in [3.8, 4) is 17.0 Å². The minimum Gasteiger partial charge on any atom is -0.506 e. The molecule has 1 aliphatic heterocycles. The summed E-state index contributed by atoms with van der Waals surface area (Å²) < 4.78 is 0. The molecule has 0 bridgehead atoms. The standard InChI is InChI=1S/C35H37N3O4/c1-2-30-32(36-34(40)31(33(30)39)35(41)42)25-13-15-28(16-14-25)38-21-26-17-29(18-27(26)22-38)37(19-23-9-5-3-6-10-23)20-24-11-7-4-8-12-24/h3-16,26-27,29H,2,17-22H2,1H3,(H,41,42)(H2,36,39,40)/t26-,27+,29?. The molecular formula is C35H37N3O4. The van der Waals surface area contributed by atoms with Gasteiger partial charge in [-0.1, -0.05) is 79.7 Å². The van der Waals surface area contributed by atoms with Crippen LogP contribution < -0.4 is 10.5 Å². The number of H-pyrrole nitrogens is 1. The molecule has 0 amide bonds. The molecule has 6 rings (SSSR count). The van der Waals surface area contributed by atoms with Crippen LogP contribution in [0.3, 0.4) is 0 Å². The maximum absolute atomic E-state index is 12.4. The Bertz CT molecular complexity index is 1550. The first kappa shape index (κ1) is 27.8. The molecule has 2 heterocycles. The van der Waals surface area contributed by atoms with E-state index < -0.39 is 22.8 Å². The van der Waals surface area contributed by atoms with Crippen molar-refractivity contribution in [1.29, 1.82) is 0 Å². The van der Waals surface area contributed by atoms with Gasteiger partial charge in [-0.05, 0) is 59.9 Å². The van der Waals surface area contributed by atoms with Crippen molar-refractivity contribution in [3.05, 3.63) is 118 Å². The van der Waals surface area contributed by atoms with E-state index in [0.717, 1.165) is 37.4 Å².